The van der Waals surface area contributed by atoms with E-state index in [9.17, 15) is 48.9 Å². The van der Waals surface area contributed by atoms with Crippen LogP contribution in [0.2, 0.25) is 0 Å². The molecule has 16 heteroatoms. The zero-order chi connectivity index (χ0) is 46.6. The molecule has 2 rings (SSSR count). The Kier molecular flexibility index (Phi) is 26.0. The number of carbonyl (C=O) groups is 7. The van der Waals surface area contributed by atoms with Gasteiger partial charge in [-0.15, -0.1) is 0 Å². The Morgan fingerprint density at radius 3 is 1.59 bits per heavy atom. The lowest BCUT2D eigenvalue weighted by molar-refractivity contribution is -0.142. The number of carboxylic acid groups (broad SMARTS) is 1. The number of primary amides is 1. The number of unbranched alkanes of at least 4 members (excludes halogenated alkanes) is 11. The van der Waals surface area contributed by atoms with E-state index in [4.69, 9.17) is 5.73 Å². The van der Waals surface area contributed by atoms with Gasteiger partial charge in [0.05, 0.1) is 12.5 Å². The van der Waals surface area contributed by atoms with Crippen LogP contribution in [-0.4, -0.2) is 93.5 Å². The molecule has 1 unspecified atom stereocenters. The lowest BCUT2D eigenvalue weighted by Gasteiger charge is -2.25. The van der Waals surface area contributed by atoms with Crippen LogP contribution in [0.3, 0.4) is 0 Å². The number of aliphatic hydroxyl groups excluding tert-OH is 1. The van der Waals surface area contributed by atoms with Gasteiger partial charge in [0, 0.05) is 25.8 Å². The summed E-state index contributed by atoms with van der Waals surface area (Å²) >= 11 is 0. The lowest BCUT2D eigenvalue weighted by Crippen LogP contribution is -2.57. The van der Waals surface area contributed by atoms with E-state index < -0.39 is 66.3 Å². The Morgan fingerprint density at radius 1 is 0.587 bits per heavy atom. The highest BCUT2D eigenvalue weighted by Crippen LogP contribution is 2.14. The maximum atomic E-state index is 13.2. The summed E-state index contributed by atoms with van der Waals surface area (Å²) in [6.07, 6.45) is 11.0. The van der Waals surface area contributed by atoms with Crippen molar-refractivity contribution in [2.24, 2.45) is 11.7 Å². The average molecular weight is 881 g/mol. The number of phenolic OH excluding ortho intramolecular Hbond substituents is 1. The molecule has 0 saturated carbocycles. The number of aliphatic carboxylic acids is 1. The fourth-order valence-corrected chi connectivity index (χ4v) is 7.07. The van der Waals surface area contributed by atoms with Crippen molar-refractivity contribution in [3.8, 4) is 5.75 Å². The van der Waals surface area contributed by atoms with Gasteiger partial charge in [-0.05, 0) is 61.8 Å². The summed E-state index contributed by atoms with van der Waals surface area (Å²) in [4.78, 5) is 87.8. The summed E-state index contributed by atoms with van der Waals surface area (Å²) in [7, 11) is 0. The summed E-state index contributed by atoms with van der Waals surface area (Å²) in [5.41, 5.74) is 6.95. The molecule has 5 atom stereocenters. The van der Waals surface area contributed by atoms with Crippen LogP contribution in [0.15, 0.2) is 54.6 Å². The van der Waals surface area contributed by atoms with Crippen LogP contribution in [0.1, 0.15) is 135 Å². The number of carbonyl (C=O) groups excluding carboxylic acids is 6. The Morgan fingerprint density at radius 2 is 1.10 bits per heavy atom. The van der Waals surface area contributed by atoms with Gasteiger partial charge in [-0.2, -0.15) is 0 Å². The quantitative estimate of drug-likeness (QED) is 0.0464. The smallest absolute Gasteiger partial charge is 0.326 e. The van der Waals surface area contributed by atoms with Crippen LogP contribution in [0.25, 0.3) is 0 Å². The summed E-state index contributed by atoms with van der Waals surface area (Å²) in [6.45, 7) is 5.64. The van der Waals surface area contributed by atoms with E-state index in [0.29, 0.717) is 37.8 Å². The van der Waals surface area contributed by atoms with Gasteiger partial charge < -0.3 is 47.6 Å². The molecule has 0 aromatic heterocycles. The minimum Gasteiger partial charge on any atom is -0.508 e. The van der Waals surface area contributed by atoms with E-state index in [-0.39, 0.29) is 42.7 Å². The second-order valence-electron chi connectivity index (χ2n) is 16.8. The van der Waals surface area contributed by atoms with Crippen LogP contribution in [0.4, 0.5) is 0 Å². The van der Waals surface area contributed by atoms with E-state index in [1.807, 2.05) is 13.8 Å². The number of amides is 6. The molecule has 2 aromatic carbocycles. The van der Waals surface area contributed by atoms with Crippen LogP contribution in [0.5, 0.6) is 5.75 Å². The molecule has 0 aliphatic rings. The third-order valence-electron chi connectivity index (χ3n) is 10.6. The van der Waals surface area contributed by atoms with Crippen LogP contribution >= 0.6 is 0 Å². The number of aromatic hydroxyl groups is 1. The first-order valence-electron chi connectivity index (χ1n) is 22.5. The van der Waals surface area contributed by atoms with E-state index in [1.54, 1.807) is 54.6 Å². The van der Waals surface area contributed by atoms with Gasteiger partial charge >= 0.3 is 5.97 Å². The molecule has 0 bridgehead atoms. The third-order valence-corrected chi connectivity index (χ3v) is 10.6. The van der Waals surface area contributed by atoms with Crippen molar-refractivity contribution >= 4 is 41.4 Å². The van der Waals surface area contributed by atoms with Gasteiger partial charge in [-0.25, -0.2) is 4.79 Å². The van der Waals surface area contributed by atoms with Gasteiger partial charge in [0.25, 0.3) is 0 Å². The Bertz CT molecular complexity index is 1710. The van der Waals surface area contributed by atoms with Gasteiger partial charge in [0.15, 0.2) is 0 Å². The van der Waals surface area contributed by atoms with Crippen molar-refractivity contribution in [2.45, 2.75) is 167 Å². The predicted molar refractivity (Wildman–Crippen MR) is 240 cm³/mol. The maximum absolute atomic E-state index is 13.2. The van der Waals surface area contributed by atoms with Crippen molar-refractivity contribution in [2.75, 3.05) is 6.54 Å². The van der Waals surface area contributed by atoms with Crippen LogP contribution in [0, 0.1) is 5.92 Å². The highest BCUT2D eigenvalue weighted by atomic mass is 16.4. The van der Waals surface area contributed by atoms with Gasteiger partial charge in [-0.1, -0.05) is 121 Å². The van der Waals surface area contributed by atoms with Gasteiger partial charge in [0.1, 0.15) is 29.9 Å². The van der Waals surface area contributed by atoms with Crippen molar-refractivity contribution in [3.63, 3.8) is 0 Å². The summed E-state index contributed by atoms with van der Waals surface area (Å²) in [5, 5.41) is 42.6. The van der Waals surface area contributed by atoms with Crippen molar-refractivity contribution in [1.82, 2.24) is 26.6 Å². The van der Waals surface area contributed by atoms with Crippen molar-refractivity contribution in [1.29, 1.82) is 0 Å². The topological polar surface area (TPSA) is 266 Å². The second-order valence-corrected chi connectivity index (χ2v) is 16.8. The lowest BCUT2D eigenvalue weighted by atomic mass is 10.0. The number of hydrogen-bond donors (Lipinski definition) is 9. The Hall–Kier alpha value is -5.51. The molecule has 10 N–H and O–H groups in total. The van der Waals surface area contributed by atoms with Crippen LogP contribution < -0.4 is 32.3 Å². The summed E-state index contributed by atoms with van der Waals surface area (Å²) < 4.78 is 0. The number of phenols is 1. The van der Waals surface area contributed by atoms with E-state index in [0.717, 1.165) is 69.8 Å². The molecule has 63 heavy (non-hydrogen) atoms. The second kappa shape index (κ2) is 30.5. The fraction of sp³-hybridized carbons (Fsp3) is 0.596. The first kappa shape index (κ1) is 53.6. The molecule has 0 heterocycles. The number of nitrogens with two attached hydrogens (primary N) is 1. The predicted octanol–water partition coefficient (Wildman–Crippen LogP) is 4.08. The fourth-order valence-electron chi connectivity index (χ4n) is 7.07. The summed E-state index contributed by atoms with van der Waals surface area (Å²) in [6, 6.07) is 10.9. The highest BCUT2D eigenvalue weighted by molar-refractivity contribution is 5.94. The minimum atomic E-state index is -1.27. The van der Waals surface area contributed by atoms with Gasteiger partial charge in [-0.3, -0.25) is 28.8 Å². The molecule has 0 saturated heterocycles. The standard InChI is InChI=1S/C47H72N6O10/c1-32(2)29-37(44(59)49-28-27-34-23-25-36(55)26-24-34)51-46(61)43(33(3)54)53-42(58)22-18-13-11-9-7-5-4-6-8-10-12-17-21-41(57)50-38(31-40(48)56)45(60)52-39(47(62)63)30-35-19-15-14-16-20-35/h14-16,19-20,23-26,32-33,37-39,43,54-55H,4-13,17-18,21-22,27-31H2,1-3H3,(H2,48,56)(H,49,59)(H,50,57)(H,51,61)(H,52,60)(H,53,58)(H,62,63)/t33?,37-,38-,39-,43-/m0/s1. The van der Waals surface area contributed by atoms with E-state index in [1.165, 1.54) is 6.92 Å². The van der Waals surface area contributed by atoms with E-state index >= 15 is 0 Å². The number of nitrogens with one attached hydrogen (secondary N) is 5. The number of carboxylic acids is 1. The minimum absolute atomic E-state index is 0.0390. The first-order valence-corrected chi connectivity index (χ1v) is 22.5. The van der Waals surface area contributed by atoms with Crippen molar-refractivity contribution in [3.05, 3.63) is 65.7 Å². The molecule has 16 nitrogen and oxygen atoms in total. The Labute approximate surface area is 372 Å². The number of aliphatic hydroxyl groups is 1. The first-order chi connectivity index (χ1) is 30.0. The Balaban J connectivity index is 1.57. The molecule has 0 spiro atoms. The summed E-state index contributed by atoms with van der Waals surface area (Å²) in [5.74, 6) is -4.28. The van der Waals surface area contributed by atoms with Crippen LogP contribution in [-0.2, 0) is 46.4 Å². The molecule has 0 radical (unpaired) electrons. The third kappa shape index (κ3) is 24.1. The largest absolute Gasteiger partial charge is 0.508 e. The SMILES string of the molecule is CC(C)C[C@H](NC(=O)[C@@H](NC(=O)CCCCCCCCCCCCCCC(=O)N[C@@H](CC(N)=O)C(=O)N[C@@H](Cc1ccccc1)C(=O)O)C(C)O)C(=O)NCCc1ccc(O)cc1. The highest BCUT2D eigenvalue weighted by Gasteiger charge is 2.31. The molecule has 6 amide bonds. The number of benzene rings is 2. The number of hydrogen-bond acceptors (Lipinski definition) is 9. The zero-order valence-corrected chi connectivity index (χ0v) is 37.4. The molecular formula is C47H72N6O10. The van der Waals surface area contributed by atoms with Gasteiger partial charge in [0.2, 0.25) is 35.4 Å². The number of rotatable bonds is 33. The molecule has 2 aromatic rings. The molecule has 350 valence electrons. The normalized spacial score (nSPS) is 13.5. The molecule has 0 aliphatic heterocycles. The van der Waals surface area contributed by atoms with E-state index in [2.05, 4.69) is 26.6 Å². The molecule has 0 aliphatic carbocycles. The monoisotopic (exact) mass is 881 g/mol. The zero-order valence-electron chi connectivity index (χ0n) is 37.4. The van der Waals surface area contributed by atoms with Crippen molar-refractivity contribution < 1.29 is 48.9 Å². The molecular weight excluding hydrogens is 809 g/mol. The molecule has 0 fully saturated rings. The average Bonchev–Trinajstić information content (AvgIpc) is 3.22. The maximum Gasteiger partial charge on any atom is 0.326 e.